The fourth-order valence-electron chi connectivity index (χ4n) is 4.27. The van der Waals surface area contributed by atoms with Gasteiger partial charge in [0.2, 0.25) is 5.91 Å². The second-order valence-corrected chi connectivity index (χ2v) is 8.46. The molecule has 2 aliphatic rings. The molecular weight excluding hydrogens is 408 g/mol. The van der Waals surface area contributed by atoms with Crippen LogP contribution in [-0.4, -0.2) is 53.3 Å². The Morgan fingerprint density at radius 2 is 1.66 bits per heavy atom. The Bertz CT molecular complexity index is 1010. The van der Waals surface area contributed by atoms with Crippen LogP contribution in [0.4, 0.5) is 0 Å². The second kappa shape index (κ2) is 9.02. The molecule has 7 heteroatoms. The molecule has 2 aromatic rings. The van der Waals surface area contributed by atoms with Crippen molar-refractivity contribution in [1.82, 2.24) is 9.80 Å². The first kappa shape index (κ1) is 21.9. The van der Waals surface area contributed by atoms with Crippen LogP contribution in [0.1, 0.15) is 53.5 Å². The Kier molecular flexibility index (Phi) is 6.17. The summed E-state index contributed by atoms with van der Waals surface area (Å²) in [6.07, 6.45) is 0.396. The summed E-state index contributed by atoms with van der Waals surface area (Å²) in [7, 11) is 0. The molecule has 1 atom stereocenters. The number of carbonyl (C=O) groups is 3. The average Bonchev–Trinajstić information content (AvgIpc) is 3.05. The van der Waals surface area contributed by atoms with E-state index >= 15 is 0 Å². The summed E-state index contributed by atoms with van der Waals surface area (Å²) in [4.78, 5) is 42.7. The number of likely N-dealkylation sites (N-methyl/N-ethyl adjacent to an activating group) is 1. The van der Waals surface area contributed by atoms with Gasteiger partial charge in [-0.05, 0) is 37.5 Å². The lowest BCUT2D eigenvalue weighted by Gasteiger charge is -2.32. The van der Waals surface area contributed by atoms with E-state index < -0.39 is 17.9 Å². The number of fused-ring (bicyclic) bond motifs is 2. The zero-order chi connectivity index (χ0) is 22.8. The first-order valence-corrected chi connectivity index (χ1v) is 11.1. The number of nitrogens with zero attached hydrogens (tertiary/aromatic N) is 2. The highest BCUT2D eigenvalue weighted by molar-refractivity contribution is 6.22. The smallest absolute Gasteiger partial charge is 0.262 e. The van der Waals surface area contributed by atoms with Gasteiger partial charge in [-0.25, -0.2) is 0 Å². The molecule has 0 saturated carbocycles. The summed E-state index contributed by atoms with van der Waals surface area (Å²) < 4.78 is 11.5. The summed E-state index contributed by atoms with van der Waals surface area (Å²) in [6, 6.07) is 11.5. The van der Waals surface area contributed by atoms with Crippen molar-refractivity contribution < 1.29 is 23.9 Å². The summed E-state index contributed by atoms with van der Waals surface area (Å²) in [6.45, 7) is 7.53. The molecule has 7 nitrogen and oxygen atoms in total. The number of imide groups is 1. The minimum Gasteiger partial charge on any atom is -0.486 e. The molecule has 1 unspecified atom stereocenters. The highest BCUT2D eigenvalue weighted by Crippen LogP contribution is 2.35. The minimum atomic E-state index is -0.862. The van der Waals surface area contributed by atoms with E-state index in [4.69, 9.17) is 9.47 Å². The Morgan fingerprint density at radius 3 is 2.28 bits per heavy atom. The van der Waals surface area contributed by atoms with E-state index in [9.17, 15) is 14.4 Å². The van der Waals surface area contributed by atoms with Crippen molar-refractivity contribution in [2.45, 2.75) is 39.8 Å². The molecule has 0 aliphatic carbocycles. The number of ether oxygens (including phenoxy) is 2. The Labute approximate surface area is 187 Å². The highest BCUT2D eigenvalue weighted by atomic mass is 16.6. The van der Waals surface area contributed by atoms with Crippen molar-refractivity contribution in [3.05, 3.63) is 59.2 Å². The van der Waals surface area contributed by atoms with Crippen molar-refractivity contribution in [1.29, 1.82) is 0 Å². The van der Waals surface area contributed by atoms with Crippen molar-refractivity contribution >= 4 is 17.7 Å². The normalized spacial score (nSPS) is 15.7. The molecule has 0 radical (unpaired) electrons. The van der Waals surface area contributed by atoms with Gasteiger partial charge in [0, 0.05) is 18.7 Å². The number of hydrogen-bond acceptors (Lipinski definition) is 5. The van der Waals surface area contributed by atoms with Gasteiger partial charge in [0.15, 0.2) is 11.5 Å². The molecule has 168 valence electrons. The Balaban J connectivity index is 1.63. The number of amides is 3. The van der Waals surface area contributed by atoms with Crippen LogP contribution in [0.5, 0.6) is 11.5 Å². The van der Waals surface area contributed by atoms with Crippen molar-refractivity contribution in [3.63, 3.8) is 0 Å². The van der Waals surface area contributed by atoms with Crippen molar-refractivity contribution in [3.8, 4) is 11.5 Å². The second-order valence-electron chi connectivity index (χ2n) is 8.46. The molecule has 0 aromatic heterocycles. The van der Waals surface area contributed by atoms with Gasteiger partial charge >= 0.3 is 0 Å². The predicted molar refractivity (Wildman–Crippen MR) is 119 cm³/mol. The van der Waals surface area contributed by atoms with Crippen LogP contribution in [0.15, 0.2) is 42.5 Å². The molecule has 2 aliphatic heterocycles. The number of para-hydroxylation sites is 1. The van der Waals surface area contributed by atoms with E-state index in [1.165, 1.54) is 0 Å². The van der Waals surface area contributed by atoms with Gasteiger partial charge in [-0.2, -0.15) is 0 Å². The number of benzene rings is 2. The molecule has 0 saturated heterocycles. The van der Waals surface area contributed by atoms with E-state index in [2.05, 4.69) is 0 Å². The SMILES string of the molecule is CCN(Cc1cccc2c1OCCO2)C(=O)C(CC(C)C)N1C(=O)c2ccccc2C1=O. The van der Waals surface area contributed by atoms with E-state index in [0.29, 0.717) is 55.4 Å². The molecule has 2 heterocycles. The molecule has 0 N–H and O–H groups in total. The maximum absolute atomic E-state index is 13.7. The molecular formula is C25H28N2O5. The topological polar surface area (TPSA) is 76.2 Å². The lowest BCUT2D eigenvalue weighted by molar-refractivity contribution is -0.136. The number of hydrogen-bond donors (Lipinski definition) is 0. The van der Waals surface area contributed by atoms with Gasteiger partial charge in [0.05, 0.1) is 11.1 Å². The summed E-state index contributed by atoms with van der Waals surface area (Å²) >= 11 is 0. The maximum Gasteiger partial charge on any atom is 0.262 e. The molecule has 3 amide bonds. The largest absolute Gasteiger partial charge is 0.486 e. The molecule has 4 rings (SSSR count). The van der Waals surface area contributed by atoms with Crippen LogP contribution >= 0.6 is 0 Å². The van der Waals surface area contributed by atoms with Gasteiger partial charge in [-0.3, -0.25) is 19.3 Å². The summed E-state index contributed by atoms with van der Waals surface area (Å²) in [5.74, 6) is 0.365. The zero-order valence-corrected chi connectivity index (χ0v) is 18.7. The van der Waals surface area contributed by atoms with Crippen LogP contribution < -0.4 is 9.47 Å². The summed E-state index contributed by atoms with van der Waals surface area (Å²) in [5.41, 5.74) is 1.54. The Hall–Kier alpha value is -3.35. The van der Waals surface area contributed by atoms with Crippen molar-refractivity contribution in [2.24, 2.45) is 5.92 Å². The fraction of sp³-hybridized carbons (Fsp3) is 0.400. The predicted octanol–water partition coefficient (Wildman–Crippen LogP) is 3.52. The van der Waals surface area contributed by atoms with Crippen LogP contribution in [0.3, 0.4) is 0 Å². The minimum absolute atomic E-state index is 0.119. The molecule has 32 heavy (non-hydrogen) atoms. The molecule has 0 bridgehead atoms. The monoisotopic (exact) mass is 436 g/mol. The Morgan fingerprint density at radius 1 is 1.00 bits per heavy atom. The number of carbonyl (C=O) groups excluding carboxylic acids is 3. The highest BCUT2D eigenvalue weighted by Gasteiger charge is 2.43. The molecule has 0 spiro atoms. The van der Waals surface area contributed by atoms with Crippen LogP contribution in [0.25, 0.3) is 0 Å². The maximum atomic E-state index is 13.7. The first-order chi connectivity index (χ1) is 15.4. The third-order valence-corrected chi connectivity index (χ3v) is 5.82. The fourth-order valence-corrected chi connectivity index (χ4v) is 4.27. The van der Waals surface area contributed by atoms with E-state index in [1.807, 2.05) is 39.0 Å². The van der Waals surface area contributed by atoms with Gasteiger partial charge < -0.3 is 14.4 Å². The van der Waals surface area contributed by atoms with E-state index in [1.54, 1.807) is 29.2 Å². The van der Waals surface area contributed by atoms with Gasteiger partial charge in [-0.15, -0.1) is 0 Å². The van der Waals surface area contributed by atoms with Crippen LogP contribution in [-0.2, 0) is 11.3 Å². The van der Waals surface area contributed by atoms with E-state index in [0.717, 1.165) is 10.5 Å². The van der Waals surface area contributed by atoms with Crippen LogP contribution in [0, 0.1) is 5.92 Å². The third kappa shape index (κ3) is 3.95. The van der Waals surface area contributed by atoms with E-state index in [-0.39, 0.29) is 11.8 Å². The quantitative estimate of drug-likeness (QED) is 0.621. The van der Waals surface area contributed by atoms with Gasteiger partial charge in [0.25, 0.3) is 11.8 Å². The van der Waals surface area contributed by atoms with Crippen molar-refractivity contribution in [2.75, 3.05) is 19.8 Å². The molecule has 2 aromatic carbocycles. The molecule has 0 fully saturated rings. The van der Waals surface area contributed by atoms with Crippen LogP contribution in [0.2, 0.25) is 0 Å². The number of rotatable bonds is 7. The summed E-state index contributed by atoms with van der Waals surface area (Å²) in [5, 5.41) is 0. The zero-order valence-electron chi connectivity index (χ0n) is 18.7. The average molecular weight is 437 g/mol. The lowest BCUT2D eigenvalue weighted by Crippen LogP contribution is -2.51. The van der Waals surface area contributed by atoms with Gasteiger partial charge in [0.1, 0.15) is 19.3 Å². The standard InChI is InChI=1S/C25H28N2O5/c1-4-26(15-17-8-7-11-21-22(17)32-13-12-31-21)25(30)20(14-16(2)3)27-23(28)18-9-5-6-10-19(18)24(27)29/h5-11,16,20H,4,12-15H2,1-3H3. The third-order valence-electron chi connectivity index (χ3n) is 5.82. The lowest BCUT2D eigenvalue weighted by atomic mass is 10.0. The first-order valence-electron chi connectivity index (χ1n) is 11.1. The van der Waals surface area contributed by atoms with Gasteiger partial charge in [-0.1, -0.05) is 38.1 Å².